The van der Waals surface area contributed by atoms with Gasteiger partial charge in [0.05, 0.1) is 13.2 Å². The second-order valence-electron chi connectivity index (χ2n) is 6.23. The number of rotatable bonds is 4. The van der Waals surface area contributed by atoms with Crippen molar-refractivity contribution in [1.82, 2.24) is 15.2 Å². The number of hydrogen-bond acceptors (Lipinski definition) is 5. The summed E-state index contributed by atoms with van der Waals surface area (Å²) >= 11 is 0. The van der Waals surface area contributed by atoms with Crippen molar-refractivity contribution in [2.75, 3.05) is 18.5 Å². The third-order valence-corrected chi connectivity index (χ3v) is 4.08. The van der Waals surface area contributed by atoms with Crippen LogP contribution in [0.5, 0.6) is 0 Å². The fourth-order valence-electron chi connectivity index (χ4n) is 2.94. The number of fused-ring (bicyclic) bond motifs is 1. The van der Waals surface area contributed by atoms with Gasteiger partial charge < -0.3 is 19.5 Å². The van der Waals surface area contributed by atoms with Crippen molar-refractivity contribution in [3.63, 3.8) is 0 Å². The molecule has 0 saturated carbocycles. The minimum Gasteiger partial charge on any atom is -0.403 e. The molecule has 0 amide bonds. The van der Waals surface area contributed by atoms with E-state index in [0.717, 1.165) is 29.5 Å². The lowest BCUT2D eigenvalue weighted by Gasteiger charge is -2.12. The maximum atomic E-state index is 5.71. The Labute approximate surface area is 139 Å². The number of anilines is 1. The molecule has 0 spiro atoms. The van der Waals surface area contributed by atoms with E-state index in [1.54, 1.807) is 0 Å². The number of aromatic amines is 1. The summed E-state index contributed by atoms with van der Waals surface area (Å²) in [5.74, 6) is 0.521. The Hall–Kier alpha value is -2.60. The van der Waals surface area contributed by atoms with Crippen LogP contribution in [0.1, 0.15) is 25.8 Å². The van der Waals surface area contributed by atoms with E-state index in [-0.39, 0.29) is 6.04 Å². The van der Waals surface area contributed by atoms with Crippen LogP contribution >= 0.6 is 0 Å². The zero-order valence-electron chi connectivity index (χ0n) is 13.8. The Morgan fingerprint density at radius 1 is 1.25 bits per heavy atom. The number of H-pyrrole nitrogens is 1. The van der Waals surface area contributed by atoms with E-state index in [2.05, 4.69) is 38.8 Å². The molecule has 1 aliphatic heterocycles. The molecule has 4 rings (SSSR count). The van der Waals surface area contributed by atoms with Crippen LogP contribution in [0.4, 0.5) is 6.01 Å². The highest BCUT2D eigenvalue weighted by Crippen LogP contribution is 2.32. The van der Waals surface area contributed by atoms with Gasteiger partial charge in [-0.1, -0.05) is 11.2 Å². The van der Waals surface area contributed by atoms with Crippen LogP contribution in [0.15, 0.2) is 34.9 Å². The van der Waals surface area contributed by atoms with Crippen molar-refractivity contribution in [2.24, 2.45) is 0 Å². The number of benzene rings is 1. The largest absolute Gasteiger partial charge is 0.403 e. The normalized spacial score (nSPS) is 15.0. The third kappa shape index (κ3) is 2.80. The summed E-state index contributed by atoms with van der Waals surface area (Å²) in [6.45, 7) is 5.51. The summed E-state index contributed by atoms with van der Waals surface area (Å²) in [5, 5.41) is 12.5. The van der Waals surface area contributed by atoms with Crippen LogP contribution in [0.2, 0.25) is 0 Å². The minimum absolute atomic E-state index is 0.248. The number of ether oxygens (including phenoxy) is 1. The van der Waals surface area contributed by atoms with Crippen LogP contribution in [-0.4, -0.2) is 34.4 Å². The maximum Gasteiger partial charge on any atom is 0.315 e. The summed E-state index contributed by atoms with van der Waals surface area (Å²) < 4.78 is 11.1. The van der Waals surface area contributed by atoms with Gasteiger partial charge in [0.1, 0.15) is 0 Å². The minimum atomic E-state index is 0.248. The second kappa shape index (κ2) is 6.13. The standard InChI is InChI=1S/C18H20N4O2/c1-11(2)20-18-22-21-17(24-18)13-3-4-16-14(9-13)15(10-19-16)12-5-7-23-8-6-12/h3-5,9-11,19H,6-8H2,1-2H3,(H,20,22). The van der Waals surface area contributed by atoms with Crippen LogP contribution < -0.4 is 5.32 Å². The molecular weight excluding hydrogens is 304 g/mol. The van der Waals surface area contributed by atoms with Gasteiger partial charge in [0.15, 0.2) is 0 Å². The maximum absolute atomic E-state index is 5.71. The monoisotopic (exact) mass is 324 g/mol. The van der Waals surface area contributed by atoms with Gasteiger partial charge in [-0.25, -0.2) is 0 Å². The molecule has 0 aliphatic carbocycles. The van der Waals surface area contributed by atoms with Gasteiger partial charge in [0, 0.05) is 34.3 Å². The quantitative estimate of drug-likeness (QED) is 0.762. The molecule has 3 aromatic rings. The van der Waals surface area contributed by atoms with Gasteiger partial charge in [-0.3, -0.25) is 0 Å². The summed E-state index contributed by atoms with van der Waals surface area (Å²) in [5.41, 5.74) is 4.55. The molecule has 124 valence electrons. The van der Waals surface area contributed by atoms with Crippen LogP contribution in [0, 0.1) is 0 Å². The first-order valence-corrected chi connectivity index (χ1v) is 8.19. The third-order valence-electron chi connectivity index (χ3n) is 4.08. The zero-order valence-corrected chi connectivity index (χ0v) is 13.8. The lowest BCUT2D eigenvalue weighted by molar-refractivity contribution is 0.161. The molecule has 6 nitrogen and oxygen atoms in total. The smallest absolute Gasteiger partial charge is 0.315 e. The average Bonchev–Trinajstić information content (AvgIpc) is 3.21. The summed E-state index contributed by atoms with van der Waals surface area (Å²) in [6.07, 6.45) is 5.14. The predicted molar refractivity (Wildman–Crippen MR) is 93.8 cm³/mol. The summed E-state index contributed by atoms with van der Waals surface area (Å²) in [7, 11) is 0. The molecule has 3 heterocycles. The van der Waals surface area contributed by atoms with E-state index in [1.165, 1.54) is 11.1 Å². The van der Waals surface area contributed by atoms with E-state index >= 15 is 0 Å². The fourth-order valence-corrected chi connectivity index (χ4v) is 2.94. The number of hydrogen-bond donors (Lipinski definition) is 2. The molecule has 0 bridgehead atoms. The van der Waals surface area contributed by atoms with E-state index in [1.807, 2.05) is 26.0 Å². The van der Waals surface area contributed by atoms with Gasteiger partial charge in [0.25, 0.3) is 0 Å². The molecule has 2 aromatic heterocycles. The van der Waals surface area contributed by atoms with Gasteiger partial charge in [-0.2, -0.15) is 0 Å². The predicted octanol–water partition coefficient (Wildman–Crippen LogP) is 3.84. The Kier molecular flexibility index (Phi) is 3.82. The molecule has 0 radical (unpaired) electrons. The van der Waals surface area contributed by atoms with Crippen molar-refractivity contribution in [3.05, 3.63) is 36.0 Å². The fraction of sp³-hybridized carbons (Fsp3) is 0.333. The highest BCUT2D eigenvalue weighted by Gasteiger charge is 2.14. The molecule has 2 N–H and O–H groups in total. The molecule has 24 heavy (non-hydrogen) atoms. The Bertz CT molecular complexity index is 891. The van der Waals surface area contributed by atoms with Crippen molar-refractivity contribution in [2.45, 2.75) is 26.3 Å². The van der Waals surface area contributed by atoms with Gasteiger partial charge in [-0.15, -0.1) is 5.10 Å². The topological polar surface area (TPSA) is 76.0 Å². The highest BCUT2D eigenvalue weighted by atomic mass is 16.5. The van der Waals surface area contributed by atoms with Gasteiger partial charge in [-0.05, 0) is 44.0 Å². The van der Waals surface area contributed by atoms with Crippen molar-refractivity contribution < 1.29 is 9.15 Å². The molecule has 0 fully saturated rings. The van der Waals surface area contributed by atoms with E-state index in [4.69, 9.17) is 9.15 Å². The van der Waals surface area contributed by atoms with Crippen molar-refractivity contribution in [3.8, 4) is 11.5 Å². The number of nitrogens with zero attached hydrogens (tertiary/aromatic N) is 2. The average molecular weight is 324 g/mol. The Balaban J connectivity index is 1.72. The molecule has 0 saturated heterocycles. The van der Waals surface area contributed by atoms with E-state index in [0.29, 0.717) is 18.5 Å². The molecule has 6 heteroatoms. The first-order chi connectivity index (χ1) is 11.7. The lowest BCUT2D eigenvalue weighted by atomic mass is 10.00. The van der Waals surface area contributed by atoms with Crippen molar-refractivity contribution in [1.29, 1.82) is 0 Å². The summed E-state index contributed by atoms with van der Waals surface area (Å²) in [6, 6.07) is 6.84. The first kappa shape index (κ1) is 15.0. The summed E-state index contributed by atoms with van der Waals surface area (Å²) in [4.78, 5) is 3.33. The molecule has 1 aromatic carbocycles. The molecule has 0 atom stereocenters. The number of aromatic nitrogens is 3. The van der Waals surface area contributed by atoms with Crippen LogP contribution in [-0.2, 0) is 4.74 Å². The van der Waals surface area contributed by atoms with Crippen molar-refractivity contribution >= 4 is 22.5 Å². The van der Waals surface area contributed by atoms with Gasteiger partial charge >= 0.3 is 6.01 Å². The second-order valence-corrected chi connectivity index (χ2v) is 6.23. The molecular formula is C18H20N4O2. The van der Waals surface area contributed by atoms with Crippen LogP contribution in [0.3, 0.4) is 0 Å². The van der Waals surface area contributed by atoms with Gasteiger partial charge in [0.2, 0.25) is 5.89 Å². The van der Waals surface area contributed by atoms with E-state index in [9.17, 15) is 0 Å². The Morgan fingerprint density at radius 3 is 2.96 bits per heavy atom. The number of nitrogens with one attached hydrogen (secondary N) is 2. The molecule has 0 unspecified atom stereocenters. The lowest BCUT2D eigenvalue weighted by Crippen LogP contribution is -2.09. The first-order valence-electron chi connectivity index (χ1n) is 8.19. The van der Waals surface area contributed by atoms with Crippen LogP contribution in [0.25, 0.3) is 27.9 Å². The molecule has 1 aliphatic rings. The zero-order chi connectivity index (χ0) is 16.5. The SMILES string of the molecule is CC(C)Nc1nnc(-c2ccc3[nH]cc(C4=CCOCC4)c3c2)o1. The highest BCUT2D eigenvalue weighted by molar-refractivity contribution is 5.94. The van der Waals surface area contributed by atoms with E-state index < -0.39 is 0 Å². The Morgan fingerprint density at radius 2 is 2.17 bits per heavy atom.